The molecule has 0 saturated carbocycles. The van der Waals surface area contributed by atoms with Gasteiger partial charge in [-0.25, -0.2) is 0 Å². The number of rotatable bonds is 4. The number of amides is 1. The molecule has 0 aliphatic rings. The molecule has 0 atom stereocenters. The number of carbonyl (C=O) groups is 1. The van der Waals surface area contributed by atoms with Gasteiger partial charge in [0.05, 0.1) is 16.0 Å². The van der Waals surface area contributed by atoms with Crippen LogP contribution < -0.4 is 5.32 Å². The van der Waals surface area contributed by atoms with E-state index < -0.39 is 0 Å². The Morgan fingerprint density at radius 3 is 2.67 bits per heavy atom. The van der Waals surface area contributed by atoms with Crippen LogP contribution in [0.1, 0.15) is 21.5 Å². The molecule has 0 bridgehead atoms. The molecule has 1 heterocycles. The highest BCUT2D eigenvalue weighted by atomic mass is 79.9. The average Bonchev–Trinajstić information content (AvgIpc) is 2.83. The van der Waals surface area contributed by atoms with Crippen LogP contribution in [0.25, 0.3) is 0 Å². The lowest BCUT2D eigenvalue weighted by molar-refractivity contribution is 0.0951. The second-order valence-corrected chi connectivity index (χ2v) is 6.04. The van der Waals surface area contributed by atoms with E-state index in [9.17, 15) is 9.90 Å². The van der Waals surface area contributed by atoms with Crippen molar-refractivity contribution in [1.82, 2.24) is 5.32 Å². The van der Waals surface area contributed by atoms with E-state index in [0.717, 1.165) is 14.9 Å². The van der Waals surface area contributed by atoms with Crippen LogP contribution in [-0.2, 0) is 13.2 Å². The summed E-state index contributed by atoms with van der Waals surface area (Å²) in [5.41, 5.74) is 2.42. The molecule has 0 aliphatic heterocycles. The predicted octanol–water partition coefficient (Wildman–Crippen LogP) is 2.93. The summed E-state index contributed by atoms with van der Waals surface area (Å²) >= 11 is 4.80. The molecule has 0 radical (unpaired) electrons. The van der Waals surface area contributed by atoms with Gasteiger partial charge in [0, 0.05) is 11.9 Å². The third kappa shape index (κ3) is 3.19. The van der Waals surface area contributed by atoms with Crippen molar-refractivity contribution in [3.63, 3.8) is 0 Å². The number of aliphatic hydroxyl groups is 1. The SMILES string of the molecule is O=C(NCc1ccccc1CO)c1csc(Br)c1. The molecule has 2 rings (SSSR count). The zero-order chi connectivity index (χ0) is 13.0. The van der Waals surface area contributed by atoms with Gasteiger partial charge in [-0.2, -0.15) is 0 Å². The van der Waals surface area contributed by atoms with Gasteiger partial charge in [0.25, 0.3) is 5.91 Å². The van der Waals surface area contributed by atoms with Crippen LogP contribution in [0.5, 0.6) is 0 Å². The Bertz CT molecular complexity index is 553. The first kappa shape index (κ1) is 13.3. The normalized spacial score (nSPS) is 10.3. The van der Waals surface area contributed by atoms with Gasteiger partial charge in [-0.05, 0) is 33.1 Å². The molecule has 0 saturated heterocycles. The number of benzene rings is 1. The van der Waals surface area contributed by atoms with E-state index in [1.54, 1.807) is 11.4 Å². The van der Waals surface area contributed by atoms with Crippen LogP contribution in [0.4, 0.5) is 0 Å². The second-order valence-electron chi connectivity index (χ2n) is 3.75. The smallest absolute Gasteiger partial charge is 0.252 e. The molecule has 0 fully saturated rings. The summed E-state index contributed by atoms with van der Waals surface area (Å²) in [6.07, 6.45) is 0. The molecule has 94 valence electrons. The van der Waals surface area contributed by atoms with Crippen molar-refractivity contribution in [2.75, 3.05) is 0 Å². The summed E-state index contributed by atoms with van der Waals surface area (Å²) < 4.78 is 0.934. The summed E-state index contributed by atoms with van der Waals surface area (Å²) in [7, 11) is 0. The molecule has 1 amide bonds. The van der Waals surface area contributed by atoms with Crippen LogP contribution in [-0.4, -0.2) is 11.0 Å². The van der Waals surface area contributed by atoms with Crippen LogP contribution in [0.3, 0.4) is 0 Å². The molecule has 2 aromatic rings. The van der Waals surface area contributed by atoms with Crippen molar-refractivity contribution in [1.29, 1.82) is 0 Å². The molecule has 18 heavy (non-hydrogen) atoms. The van der Waals surface area contributed by atoms with E-state index in [1.807, 2.05) is 24.3 Å². The van der Waals surface area contributed by atoms with Gasteiger partial charge in [0.2, 0.25) is 0 Å². The lowest BCUT2D eigenvalue weighted by Crippen LogP contribution is -2.22. The number of aliphatic hydroxyl groups excluding tert-OH is 1. The summed E-state index contributed by atoms with van der Waals surface area (Å²) in [5.74, 6) is -0.107. The van der Waals surface area contributed by atoms with Crippen LogP contribution in [0.15, 0.2) is 39.5 Å². The molecular formula is C13H12BrNO2S. The van der Waals surface area contributed by atoms with Crippen molar-refractivity contribution in [2.45, 2.75) is 13.2 Å². The van der Waals surface area contributed by atoms with Gasteiger partial charge in [0.1, 0.15) is 0 Å². The Labute approximate surface area is 118 Å². The van der Waals surface area contributed by atoms with Gasteiger partial charge < -0.3 is 10.4 Å². The van der Waals surface area contributed by atoms with Crippen molar-refractivity contribution < 1.29 is 9.90 Å². The lowest BCUT2D eigenvalue weighted by atomic mass is 10.1. The Morgan fingerprint density at radius 2 is 2.06 bits per heavy atom. The highest BCUT2D eigenvalue weighted by molar-refractivity contribution is 9.11. The number of halogens is 1. The molecular weight excluding hydrogens is 314 g/mol. The largest absolute Gasteiger partial charge is 0.392 e. The minimum Gasteiger partial charge on any atom is -0.392 e. The van der Waals surface area contributed by atoms with Crippen LogP contribution in [0, 0.1) is 0 Å². The van der Waals surface area contributed by atoms with E-state index in [-0.39, 0.29) is 12.5 Å². The highest BCUT2D eigenvalue weighted by Gasteiger charge is 2.08. The summed E-state index contributed by atoms with van der Waals surface area (Å²) in [4.78, 5) is 11.8. The van der Waals surface area contributed by atoms with Crippen molar-refractivity contribution in [2.24, 2.45) is 0 Å². The fourth-order valence-electron chi connectivity index (χ4n) is 1.59. The molecule has 0 unspecified atom stereocenters. The Balaban J connectivity index is 2.01. The Kier molecular flexibility index (Phi) is 4.52. The predicted molar refractivity (Wildman–Crippen MR) is 75.6 cm³/mol. The van der Waals surface area contributed by atoms with Crippen molar-refractivity contribution in [3.8, 4) is 0 Å². The zero-order valence-electron chi connectivity index (χ0n) is 9.52. The number of nitrogens with one attached hydrogen (secondary N) is 1. The Morgan fingerprint density at radius 1 is 1.33 bits per heavy atom. The Hall–Kier alpha value is -1.17. The molecule has 0 spiro atoms. The zero-order valence-corrected chi connectivity index (χ0v) is 11.9. The molecule has 0 aliphatic carbocycles. The van der Waals surface area contributed by atoms with Gasteiger partial charge >= 0.3 is 0 Å². The molecule has 3 nitrogen and oxygen atoms in total. The number of carbonyl (C=O) groups excluding carboxylic acids is 1. The fourth-order valence-corrected chi connectivity index (χ4v) is 2.73. The number of hydrogen-bond acceptors (Lipinski definition) is 3. The average molecular weight is 326 g/mol. The quantitative estimate of drug-likeness (QED) is 0.908. The van der Waals surface area contributed by atoms with Crippen LogP contribution in [0.2, 0.25) is 0 Å². The standard InChI is InChI=1S/C13H12BrNO2S/c14-12-5-11(8-18-12)13(17)15-6-9-3-1-2-4-10(9)7-16/h1-5,8,16H,6-7H2,(H,15,17). The van der Waals surface area contributed by atoms with Crippen molar-refractivity contribution >= 4 is 33.2 Å². The van der Waals surface area contributed by atoms with Crippen LogP contribution >= 0.6 is 27.3 Å². The van der Waals surface area contributed by atoms with E-state index in [0.29, 0.717) is 12.1 Å². The number of hydrogen-bond donors (Lipinski definition) is 2. The fraction of sp³-hybridized carbons (Fsp3) is 0.154. The highest BCUT2D eigenvalue weighted by Crippen LogP contribution is 2.20. The first-order valence-electron chi connectivity index (χ1n) is 5.40. The van der Waals surface area contributed by atoms with E-state index in [2.05, 4.69) is 21.2 Å². The minimum atomic E-state index is -0.107. The molecule has 2 N–H and O–H groups in total. The van der Waals surface area contributed by atoms with Gasteiger partial charge in [-0.3, -0.25) is 4.79 Å². The lowest BCUT2D eigenvalue weighted by Gasteiger charge is -2.08. The van der Waals surface area contributed by atoms with Gasteiger partial charge in [-0.1, -0.05) is 24.3 Å². The van der Waals surface area contributed by atoms with E-state index in [1.165, 1.54) is 11.3 Å². The summed E-state index contributed by atoms with van der Waals surface area (Å²) in [5, 5.41) is 13.8. The van der Waals surface area contributed by atoms with E-state index >= 15 is 0 Å². The van der Waals surface area contributed by atoms with Crippen molar-refractivity contribution in [3.05, 3.63) is 56.2 Å². The third-order valence-corrected chi connectivity index (χ3v) is 4.06. The molecule has 1 aromatic heterocycles. The minimum absolute atomic E-state index is 0.0178. The maximum atomic E-state index is 11.8. The monoisotopic (exact) mass is 325 g/mol. The molecule has 5 heteroatoms. The van der Waals surface area contributed by atoms with Gasteiger partial charge in [0.15, 0.2) is 0 Å². The first-order valence-corrected chi connectivity index (χ1v) is 7.08. The maximum Gasteiger partial charge on any atom is 0.252 e. The third-order valence-electron chi connectivity index (χ3n) is 2.56. The number of thiophene rings is 1. The maximum absolute atomic E-state index is 11.8. The molecule has 1 aromatic carbocycles. The van der Waals surface area contributed by atoms with Gasteiger partial charge in [-0.15, -0.1) is 11.3 Å². The topological polar surface area (TPSA) is 49.3 Å². The second kappa shape index (κ2) is 6.13. The first-order chi connectivity index (χ1) is 8.70. The summed E-state index contributed by atoms with van der Waals surface area (Å²) in [6.45, 7) is 0.402. The van der Waals surface area contributed by atoms with E-state index in [4.69, 9.17) is 0 Å². The summed E-state index contributed by atoms with van der Waals surface area (Å²) in [6, 6.07) is 9.30.